The molecule has 0 saturated heterocycles. The van der Waals surface area contributed by atoms with E-state index in [0.717, 1.165) is 54.5 Å². The lowest BCUT2D eigenvalue weighted by Crippen LogP contribution is -2.52. The molecule has 45 heavy (non-hydrogen) atoms. The van der Waals surface area contributed by atoms with Crippen LogP contribution >= 0.6 is 0 Å². The van der Waals surface area contributed by atoms with Gasteiger partial charge in [-0.2, -0.15) is 0 Å². The summed E-state index contributed by atoms with van der Waals surface area (Å²) in [6.07, 6.45) is 2.81. The van der Waals surface area contributed by atoms with Gasteiger partial charge in [-0.3, -0.25) is 9.59 Å². The molecule has 1 heterocycles. The van der Waals surface area contributed by atoms with Crippen molar-refractivity contribution < 1.29 is 29.0 Å². The number of esters is 1. The summed E-state index contributed by atoms with van der Waals surface area (Å²) in [7, 11) is 1.06. The Kier molecular flexibility index (Phi) is 11.9. The highest BCUT2D eigenvalue weighted by molar-refractivity contribution is 6.74. The second kappa shape index (κ2) is 14.4. The van der Waals surface area contributed by atoms with Crippen molar-refractivity contribution in [2.45, 2.75) is 130 Å². The number of methoxy groups -OCH3 is 1. The van der Waals surface area contributed by atoms with Crippen molar-refractivity contribution in [3.63, 3.8) is 0 Å². The zero-order valence-corrected chi connectivity index (χ0v) is 30.9. The van der Waals surface area contributed by atoms with Crippen molar-refractivity contribution in [1.29, 1.82) is 0 Å². The Morgan fingerprint density at radius 3 is 2.36 bits per heavy atom. The third kappa shape index (κ3) is 8.85. The minimum absolute atomic E-state index is 0.00516. The number of imidazole rings is 1. The molecule has 254 valence electrons. The fraction of sp³-hybridized carbons (Fsp3) is 0.750. The second-order valence-electron chi connectivity index (χ2n) is 15.9. The Hall–Kier alpha value is -2.07. The van der Waals surface area contributed by atoms with Gasteiger partial charge >= 0.3 is 5.97 Å². The van der Waals surface area contributed by atoms with Gasteiger partial charge in [0.1, 0.15) is 11.6 Å². The SMILES string of the molecule is COC(=O)C[C@H](O[Si](C)(C)C(C)(C)C)C(C)(C)C(=O)C(C)[C@@H](O)C(C)CCC[C@@H]1C[C@H]1CC(O)c1ccc2c(c1)nc(C)n2C. The van der Waals surface area contributed by atoms with Gasteiger partial charge < -0.3 is 23.9 Å². The molecule has 3 rings (SSSR count). The number of nitrogens with zero attached hydrogens (tertiary/aromatic N) is 2. The van der Waals surface area contributed by atoms with Gasteiger partial charge in [0, 0.05) is 18.4 Å². The highest BCUT2D eigenvalue weighted by Crippen LogP contribution is 2.48. The van der Waals surface area contributed by atoms with Gasteiger partial charge in [0.2, 0.25) is 0 Å². The van der Waals surface area contributed by atoms with E-state index in [4.69, 9.17) is 9.16 Å². The van der Waals surface area contributed by atoms with Gasteiger partial charge in [0.15, 0.2) is 8.32 Å². The van der Waals surface area contributed by atoms with Crippen LogP contribution in [0.15, 0.2) is 18.2 Å². The van der Waals surface area contributed by atoms with Crippen LogP contribution < -0.4 is 0 Å². The standard InChI is InChI=1S/C36H60N2O6Si/c1-22(14-13-15-25-18-27(25)20-30(39)26-16-17-29-28(19-26)37-24(3)38(29)9)33(41)23(2)34(42)36(7,8)31(21-32(40)43-10)44-45(11,12)35(4,5)6/h16-17,19,22-23,25,27,30-31,33,39,41H,13-15,18,20-21H2,1-12H3/t22?,23?,25-,27+,30?,31+,33+/m1/s1. The van der Waals surface area contributed by atoms with Crippen molar-refractivity contribution >= 4 is 31.1 Å². The van der Waals surface area contributed by atoms with Crippen LogP contribution in [0.2, 0.25) is 18.1 Å². The van der Waals surface area contributed by atoms with Crippen LogP contribution in [0.25, 0.3) is 11.0 Å². The van der Waals surface area contributed by atoms with E-state index in [1.807, 2.05) is 52.9 Å². The van der Waals surface area contributed by atoms with Crippen molar-refractivity contribution in [3.8, 4) is 0 Å². The van der Waals surface area contributed by atoms with Crippen molar-refractivity contribution in [2.24, 2.45) is 36.1 Å². The number of aryl methyl sites for hydroxylation is 2. The molecule has 2 aromatic rings. The van der Waals surface area contributed by atoms with Crippen molar-refractivity contribution in [3.05, 3.63) is 29.6 Å². The van der Waals surface area contributed by atoms with E-state index in [2.05, 4.69) is 43.4 Å². The minimum Gasteiger partial charge on any atom is -0.469 e. The summed E-state index contributed by atoms with van der Waals surface area (Å²) in [6, 6.07) is 6.06. The van der Waals surface area contributed by atoms with E-state index in [0.29, 0.717) is 11.8 Å². The topological polar surface area (TPSA) is 111 Å². The average molecular weight is 645 g/mol. The predicted octanol–water partition coefficient (Wildman–Crippen LogP) is 7.29. The summed E-state index contributed by atoms with van der Waals surface area (Å²) in [4.78, 5) is 30.9. The number of ether oxygens (including phenoxy) is 1. The molecular formula is C36H60N2O6Si. The molecule has 0 spiro atoms. The van der Waals surface area contributed by atoms with Gasteiger partial charge in [-0.05, 0) is 79.8 Å². The quantitative estimate of drug-likeness (QED) is 0.146. The molecule has 9 heteroatoms. The number of carbonyl (C=O) groups excluding carboxylic acids is 2. The Bertz CT molecular complexity index is 1330. The van der Waals surface area contributed by atoms with Crippen LogP contribution in [-0.4, -0.2) is 59.2 Å². The number of hydrogen-bond acceptors (Lipinski definition) is 7. The molecule has 0 bridgehead atoms. The van der Waals surface area contributed by atoms with Crippen LogP contribution in [0.1, 0.15) is 104 Å². The molecule has 1 saturated carbocycles. The lowest BCUT2D eigenvalue weighted by molar-refractivity contribution is -0.148. The summed E-state index contributed by atoms with van der Waals surface area (Å²) in [5.74, 6) is 0.920. The maximum Gasteiger partial charge on any atom is 0.308 e. The van der Waals surface area contributed by atoms with E-state index < -0.39 is 43.9 Å². The van der Waals surface area contributed by atoms with Crippen LogP contribution in [-0.2, 0) is 25.8 Å². The Morgan fingerprint density at radius 1 is 1.11 bits per heavy atom. The number of carbonyl (C=O) groups is 2. The number of rotatable bonds is 16. The molecule has 0 radical (unpaired) electrons. The molecule has 3 unspecified atom stereocenters. The van der Waals surface area contributed by atoms with E-state index in [1.165, 1.54) is 7.11 Å². The average Bonchev–Trinajstić information content (AvgIpc) is 3.63. The van der Waals surface area contributed by atoms with Gasteiger partial charge in [-0.25, -0.2) is 4.98 Å². The molecular weight excluding hydrogens is 584 g/mol. The highest BCUT2D eigenvalue weighted by atomic mass is 28.4. The third-order valence-corrected chi connectivity index (χ3v) is 15.6. The molecule has 0 aliphatic heterocycles. The number of fused-ring (bicyclic) bond motifs is 1. The van der Waals surface area contributed by atoms with Gasteiger partial charge in [0.25, 0.3) is 0 Å². The van der Waals surface area contributed by atoms with E-state index in [1.54, 1.807) is 6.92 Å². The summed E-state index contributed by atoms with van der Waals surface area (Å²) in [5, 5.41) is 22.1. The van der Waals surface area contributed by atoms with Crippen LogP contribution in [0.4, 0.5) is 0 Å². The second-order valence-corrected chi connectivity index (χ2v) is 20.7. The molecule has 1 aliphatic carbocycles. The maximum absolute atomic E-state index is 13.9. The monoisotopic (exact) mass is 644 g/mol. The zero-order valence-electron chi connectivity index (χ0n) is 29.9. The Morgan fingerprint density at radius 2 is 1.76 bits per heavy atom. The molecule has 1 aromatic heterocycles. The van der Waals surface area contributed by atoms with Crippen molar-refractivity contribution in [1.82, 2.24) is 9.55 Å². The molecule has 1 fully saturated rings. The molecule has 7 atom stereocenters. The van der Waals surface area contributed by atoms with Crippen LogP contribution in [0.3, 0.4) is 0 Å². The smallest absolute Gasteiger partial charge is 0.308 e. The largest absolute Gasteiger partial charge is 0.469 e. The normalized spacial score (nSPS) is 20.8. The molecule has 0 amide bonds. The first-order chi connectivity index (χ1) is 20.7. The molecule has 1 aromatic carbocycles. The number of hydrogen-bond donors (Lipinski definition) is 2. The Labute approximate surface area is 272 Å². The number of Topliss-reactive ketones (excluding diaryl/α,β-unsaturated/α-hetero) is 1. The summed E-state index contributed by atoms with van der Waals surface area (Å²) < 4.78 is 13.7. The van der Waals surface area contributed by atoms with Crippen LogP contribution in [0.5, 0.6) is 0 Å². The predicted molar refractivity (Wildman–Crippen MR) is 182 cm³/mol. The number of aromatic nitrogens is 2. The van der Waals surface area contributed by atoms with E-state index >= 15 is 0 Å². The summed E-state index contributed by atoms with van der Waals surface area (Å²) in [6.45, 7) is 20.1. The maximum atomic E-state index is 13.9. The molecule has 8 nitrogen and oxygen atoms in total. The highest BCUT2D eigenvalue weighted by Gasteiger charge is 2.48. The number of aliphatic hydroxyl groups excluding tert-OH is 2. The summed E-state index contributed by atoms with van der Waals surface area (Å²) in [5.41, 5.74) is 1.94. The lowest BCUT2D eigenvalue weighted by atomic mass is 9.73. The fourth-order valence-electron chi connectivity index (χ4n) is 6.40. The van der Waals surface area contributed by atoms with Gasteiger partial charge in [-0.1, -0.05) is 67.4 Å². The zero-order chi connectivity index (χ0) is 34.1. The number of ketones is 1. The van der Waals surface area contributed by atoms with Crippen LogP contribution in [0, 0.1) is 36.0 Å². The molecule has 2 N–H and O–H groups in total. The van der Waals surface area contributed by atoms with Gasteiger partial charge in [0.05, 0.1) is 42.9 Å². The number of benzene rings is 1. The fourth-order valence-corrected chi connectivity index (χ4v) is 7.84. The van der Waals surface area contributed by atoms with Gasteiger partial charge in [-0.15, -0.1) is 0 Å². The van der Waals surface area contributed by atoms with E-state index in [9.17, 15) is 19.8 Å². The number of aliphatic hydroxyl groups is 2. The first-order valence-corrected chi connectivity index (χ1v) is 19.7. The minimum atomic E-state index is -2.30. The molecule has 1 aliphatic rings. The Balaban J connectivity index is 1.52. The first kappa shape index (κ1) is 37.4. The van der Waals surface area contributed by atoms with Crippen molar-refractivity contribution in [2.75, 3.05) is 7.11 Å². The third-order valence-electron chi connectivity index (χ3n) is 11.1. The van der Waals surface area contributed by atoms with E-state index in [-0.39, 0.29) is 23.2 Å². The summed E-state index contributed by atoms with van der Waals surface area (Å²) >= 11 is 0. The lowest BCUT2D eigenvalue weighted by Gasteiger charge is -2.44. The first-order valence-electron chi connectivity index (χ1n) is 16.8.